The minimum Gasteiger partial charge on any atom is -0.481 e. The average Bonchev–Trinajstić information content (AvgIpc) is 2.71. The van der Waals surface area contributed by atoms with Crippen LogP contribution in [-0.2, 0) is 20.9 Å². The van der Waals surface area contributed by atoms with Crippen LogP contribution in [0.2, 0.25) is 0 Å². The summed E-state index contributed by atoms with van der Waals surface area (Å²) in [5.41, 5.74) is 0.612. The van der Waals surface area contributed by atoms with Crippen LogP contribution >= 0.6 is 11.8 Å². The van der Waals surface area contributed by atoms with Crippen molar-refractivity contribution in [2.75, 3.05) is 17.7 Å². The van der Waals surface area contributed by atoms with E-state index < -0.39 is 18.0 Å². The number of rotatable bonds is 8. The number of pyridine rings is 1. The molecule has 0 fully saturated rings. The molecule has 0 aliphatic carbocycles. The molecule has 1 aromatic heterocycles. The van der Waals surface area contributed by atoms with Crippen LogP contribution in [0.1, 0.15) is 28.4 Å². The second-order valence-electron chi connectivity index (χ2n) is 5.44. The number of carbonyl (C=O) groups excluding carboxylic acids is 2. The van der Waals surface area contributed by atoms with Gasteiger partial charge in [-0.05, 0) is 18.6 Å². The molecule has 2 N–H and O–H groups in total. The van der Waals surface area contributed by atoms with Crippen molar-refractivity contribution in [2.24, 2.45) is 0 Å². The number of amides is 1. The minimum atomic E-state index is -1.10. The Kier molecular flexibility index (Phi) is 8.00. The van der Waals surface area contributed by atoms with Gasteiger partial charge in [0, 0.05) is 0 Å². The Hall–Kier alpha value is -3.58. The number of nitrogens with zero attached hydrogens (tertiary/aromatic N) is 2. The van der Waals surface area contributed by atoms with Gasteiger partial charge in [0.2, 0.25) is 0 Å². The van der Waals surface area contributed by atoms with E-state index in [4.69, 9.17) is 14.6 Å². The van der Waals surface area contributed by atoms with E-state index in [0.717, 1.165) is 17.3 Å². The number of nitriles is 1. The first kappa shape index (κ1) is 21.7. The molecule has 0 atom stereocenters. The molecule has 1 amide bonds. The van der Waals surface area contributed by atoms with Gasteiger partial charge in [-0.3, -0.25) is 10.1 Å². The molecule has 0 radical (unpaired) electrons. The van der Waals surface area contributed by atoms with Crippen LogP contribution in [0.4, 0.5) is 10.6 Å². The molecule has 9 nitrogen and oxygen atoms in total. The van der Waals surface area contributed by atoms with Gasteiger partial charge in [0.25, 0.3) is 0 Å². The fourth-order valence-corrected chi connectivity index (χ4v) is 2.81. The summed E-state index contributed by atoms with van der Waals surface area (Å²) in [6.07, 6.45) is -0.870. The third-order valence-electron chi connectivity index (χ3n) is 3.37. The van der Waals surface area contributed by atoms with E-state index in [0.29, 0.717) is 0 Å². The SMILES string of the molecule is CCOC(=O)c1cc(C#N)c(SCC(=O)O)nc1NC(=O)OCc1ccccc1. The molecule has 29 heavy (non-hydrogen) atoms. The highest BCUT2D eigenvalue weighted by atomic mass is 32.2. The van der Waals surface area contributed by atoms with Gasteiger partial charge in [0.1, 0.15) is 23.3 Å². The number of ether oxygens (including phenoxy) is 2. The van der Waals surface area contributed by atoms with Crippen molar-refractivity contribution in [1.82, 2.24) is 4.98 Å². The predicted molar refractivity (Wildman–Crippen MR) is 104 cm³/mol. The van der Waals surface area contributed by atoms with E-state index in [1.165, 1.54) is 6.07 Å². The smallest absolute Gasteiger partial charge is 0.413 e. The fraction of sp³-hybridized carbons (Fsp3) is 0.211. The lowest BCUT2D eigenvalue weighted by molar-refractivity contribution is -0.133. The van der Waals surface area contributed by atoms with Crippen LogP contribution in [0.3, 0.4) is 0 Å². The zero-order valence-electron chi connectivity index (χ0n) is 15.4. The highest BCUT2D eigenvalue weighted by Crippen LogP contribution is 2.26. The lowest BCUT2D eigenvalue weighted by atomic mass is 10.2. The maximum Gasteiger partial charge on any atom is 0.413 e. The number of esters is 1. The van der Waals surface area contributed by atoms with Crippen LogP contribution in [0.5, 0.6) is 0 Å². The van der Waals surface area contributed by atoms with E-state index in [1.54, 1.807) is 31.2 Å². The van der Waals surface area contributed by atoms with Crippen molar-refractivity contribution in [3.63, 3.8) is 0 Å². The van der Waals surface area contributed by atoms with Gasteiger partial charge >= 0.3 is 18.0 Å². The first-order valence-electron chi connectivity index (χ1n) is 8.39. The molecule has 0 bridgehead atoms. The van der Waals surface area contributed by atoms with Crippen molar-refractivity contribution in [3.8, 4) is 6.07 Å². The van der Waals surface area contributed by atoms with Gasteiger partial charge in [0.15, 0.2) is 5.82 Å². The molecule has 0 spiro atoms. The number of hydrogen-bond donors (Lipinski definition) is 2. The molecule has 0 aliphatic rings. The van der Waals surface area contributed by atoms with Crippen molar-refractivity contribution in [3.05, 3.63) is 53.1 Å². The molecule has 2 rings (SSSR count). The normalized spacial score (nSPS) is 9.93. The van der Waals surface area contributed by atoms with Gasteiger partial charge in [-0.15, -0.1) is 0 Å². The quantitative estimate of drug-likeness (QED) is 0.492. The molecular formula is C19H17N3O6S. The lowest BCUT2D eigenvalue weighted by Gasteiger charge is -2.12. The van der Waals surface area contributed by atoms with Gasteiger partial charge in [0.05, 0.1) is 17.9 Å². The zero-order chi connectivity index (χ0) is 21.2. The standard InChI is InChI=1S/C19H17N3O6S/c1-2-27-18(25)14-8-13(9-20)17(29-11-15(23)24)21-16(14)22-19(26)28-10-12-6-4-3-5-7-12/h3-8H,2,10-11H2,1H3,(H,23,24)(H,21,22,26). The Labute approximate surface area is 170 Å². The van der Waals surface area contributed by atoms with Crippen molar-refractivity contribution >= 4 is 35.6 Å². The summed E-state index contributed by atoms with van der Waals surface area (Å²) in [4.78, 5) is 39.3. The molecule has 0 saturated carbocycles. The maximum absolute atomic E-state index is 12.2. The zero-order valence-corrected chi connectivity index (χ0v) is 16.2. The van der Waals surface area contributed by atoms with Crippen LogP contribution < -0.4 is 5.32 Å². The molecule has 1 heterocycles. The van der Waals surface area contributed by atoms with Gasteiger partial charge in [-0.25, -0.2) is 14.6 Å². The molecule has 10 heteroatoms. The molecular weight excluding hydrogens is 398 g/mol. The summed E-state index contributed by atoms with van der Waals surface area (Å²) in [6.45, 7) is 1.68. The van der Waals surface area contributed by atoms with Crippen LogP contribution in [0.25, 0.3) is 0 Å². The number of aromatic nitrogens is 1. The highest BCUT2D eigenvalue weighted by Gasteiger charge is 2.21. The maximum atomic E-state index is 12.2. The van der Waals surface area contributed by atoms with Crippen LogP contribution in [-0.4, -0.2) is 40.5 Å². The molecule has 2 aromatic rings. The number of nitrogens with one attached hydrogen (secondary N) is 1. The van der Waals surface area contributed by atoms with Crippen LogP contribution in [0.15, 0.2) is 41.4 Å². The number of thioether (sulfide) groups is 1. The Bertz CT molecular complexity index is 943. The molecule has 1 aromatic carbocycles. The van der Waals surface area contributed by atoms with Gasteiger partial charge < -0.3 is 14.6 Å². The van der Waals surface area contributed by atoms with E-state index in [9.17, 15) is 19.6 Å². The number of carboxylic acids is 1. The predicted octanol–water partition coefficient (Wildman–Crippen LogP) is 3.06. The third-order valence-corrected chi connectivity index (χ3v) is 4.34. The number of carbonyl (C=O) groups is 3. The number of benzene rings is 1. The topological polar surface area (TPSA) is 139 Å². The summed E-state index contributed by atoms with van der Waals surface area (Å²) in [5.74, 6) is -2.43. The Morgan fingerprint density at radius 2 is 1.97 bits per heavy atom. The molecule has 0 aliphatic heterocycles. The van der Waals surface area contributed by atoms with Crippen molar-refractivity contribution in [2.45, 2.75) is 18.6 Å². The largest absolute Gasteiger partial charge is 0.481 e. The summed E-state index contributed by atoms with van der Waals surface area (Å²) < 4.78 is 10.0. The highest BCUT2D eigenvalue weighted by molar-refractivity contribution is 7.99. The second-order valence-corrected chi connectivity index (χ2v) is 6.40. The Morgan fingerprint density at radius 3 is 2.59 bits per heavy atom. The number of hydrogen-bond acceptors (Lipinski definition) is 8. The van der Waals surface area contributed by atoms with E-state index in [1.807, 2.05) is 12.1 Å². The molecule has 150 valence electrons. The lowest BCUT2D eigenvalue weighted by Crippen LogP contribution is -2.19. The van der Waals surface area contributed by atoms with Gasteiger partial charge in [-0.1, -0.05) is 42.1 Å². The Balaban J connectivity index is 2.26. The minimum absolute atomic E-state index is 0.00167. The summed E-state index contributed by atoms with van der Waals surface area (Å²) in [5, 5.41) is 20.5. The first-order chi connectivity index (χ1) is 13.9. The van der Waals surface area contributed by atoms with Gasteiger partial charge in [-0.2, -0.15) is 5.26 Å². The van der Waals surface area contributed by atoms with E-state index in [2.05, 4.69) is 10.3 Å². The average molecular weight is 415 g/mol. The number of aliphatic carboxylic acids is 1. The van der Waals surface area contributed by atoms with E-state index >= 15 is 0 Å². The summed E-state index contributed by atoms with van der Waals surface area (Å²) in [6, 6.07) is 12.0. The van der Waals surface area contributed by atoms with E-state index in [-0.39, 0.29) is 40.9 Å². The second kappa shape index (κ2) is 10.7. The third kappa shape index (κ3) is 6.51. The number of anilines is 1. The molecule has 0 saturated heterocycles. The molecule has 0 unspecified atom stereocenters. The first-order valence-corrected chi connectivity index (χ1v) is 9.37. The Morgan fingerprint density at radius 1 is 1.24 bits per heavy atom. The monoisotopic (exact) mass is 415 g/mol. The fourth-order valence-electron chi connectivity index (χ4n) is 2.13. The summed E-state index contributed by atoms with van der Waals surface area (Å²) >= 11 is 0.788. The summed E-state index contributed by atoms with van der Waals surface area (Å²) in [7, 11) is 0. The van der Waals surface area contributed by atoms with Crippen molar-refractivity contribution < 1.29 is 29.0 Å². The van der Waals surface area contributed by atoms with Crippen molar-refractivity contribution in [1.29, 1.82) is 5.26 Å². The van der Waals surface area contributed by atoms with Crippen LogP contribution in [0, 0.1) is 11.3 Å². The number of carboxylic acid groups (broad SMARTS) is 1.